The minimum absolute atomic E-state index is 0.343. The third kappa shape index (κ3) is 2.59. The standard InChI is InChI=1S/C14H12F2N2O/c1-8-9(2)17-7-6-10(8)14(19)18-13-11(15)4-3-5-12(13)16/h3-7H,1-2H3,(H,18,19). The smallest absolute Gasteiger partial charge is 0.256 e. The fraction of sp³-hybridized carbons (Fsp3) is 0.143. The summed E-state index contributed by atoms with van der Waals surface area (Å²) in [6, 6.07) is 4.92. The summed E-state index contributed by atoms with van der Waals surface area (Å²) < 4.78 is 26.9. The molecule has 1 aromatic carbocycles. The van der Waals surface area contributed by atoms with Crippen molar-refractivity contribution in [3.63, 3.8) is 0 Å². The molecule has 98 valence electrons. The molecule has 0 spiro atoms. The van der Waals surface area contributed by atoms with Gasteiger partial charge in [0.2, 0.25) is 0 Å². The van der Waals surface area contributed by atoms with Crippen LogP contribution < -0.4 is 5.32 Å². The van der Waals surface area contributed by atoms with E-state index in [4.69, 9.17) is 0 Å². The molecule has 0 atom stereocenters. The predicted octanol–water partition coefficient (Wildman–Crippen LogP) is 3.23. The number of carbonyl (C=O) groups is 1. The summed E-state index contributed by atoms with van der Waals surface area (Å²) in [5, 5.41) is 2.25. The molecule has 19 heavy (non-hydrogen) atoms. The Hall–Kier alpha value is -2.30. The van der Waals surface area contributed by atoms with E-state index < -0.39 is 23.2 Å². The average Bonchev–Trinajstić information content (AvgIpc) is 2.37. The van der Waals surface area contributed by atoms with Gasteiger partial charge in [-0.15, -0.1) is 0 Å². The average molecular weight is 262 g/mol. The first-order valence-corrected chi connectivity index (χ1v) is 5.68. The van der Waals surface area contributed by atoms with E-state index in [0.717, 1.165) is 12.1 Å². The zero-order valence-electron chi connectivity index (χ0n) is 10.5. The Bertz CT molecular complexity index is 621. The monoisotopic (exact) mass is 262 g/mol. The maximum atomic E-state index is 13.4. The molecule has 0 aliphatic rings. The van der Waals surface area contributed by atoms with Gasteiger partial charge in [-0.25, -0.2) is 8.78 Å². The molecule has 0 radical (unpaired) electrons. The van der Waals surface area contributed by atoms with Crippen molar-refractivity contribution < 1.29 is 13.6 Å². The number of nitrogens with one attached hydrogen (secondary N) is 1. The molecule has 1 heterocycles. The minimum Gasteiger partial charge on any atom is -0.317 e. The third-order valence-electron chi connectivity index (χ3n) is 2.90. The first-order chi connectivity index (χ1) is 9.00. The Morgan fingerprint density at radius 2 is 1.79 bits per heavy atom. The van der Waals surface area contributed by atoms with Gasteiger partial charge < -0.3 is 5.32 Å². The van der Waals surface area contributed by atoms with Crippen LogP contribution in [0.4, 0.5) is 14.5 Å². The van der Waals surface area contributed by atoms with E-state index in [2.05, 4.69) is 10.3 Å². The normalized spacial score (nSPS) is 10.3. The third-order valence-corrected chi connectivity index (χ3v) is 2.90. The number of pyridine rings is 1. The first-order valence-electron chi connectivity index (χ1n) is 5.68. The summed E-state index contributed by atoms with van der Waals surface area (Å²) in [5.74, 6) is -2.18. The van der Waals surface area contributed by atoms with Gasteiger partial charge in [0.25, 0.3) is 5.91 Å². The zero-order chi connectivity index (χ0) is 14.0. The molecule has 0 aliphatic heterocycles. The van der Waals surface area contributed by atoms with Crippen LogP contribution in [0.15, 0.2) is 30.5 Å². The maximum Gasteiger partial charge on any atom is 0.256 e. The lowest BCUT2D eigenvalue weighted by Crippen LogP contribution is -2.16. The van der Waals surface area contributed by atoms with Crippen LogP contribution in [0.3, 0.4) is 0 Å². The molecule has 0 bridgehead atoms. The van der Waals surface area contributed by atoms with E-state index in [0.29, 0.717) is 16.8 Å². The van der Waals surface area contributed by atoms with Crippen LogP contribution in [0.1, 0.15) is 21.6 Å². The van der Waals surface area contributed by atoms with Crippen LogP contribution in [0.5, 0.6) is 0 Å². The molecule has 1 N–H and O–H groups in total. The van der Waals surface area contributed by atoms with Crippen molar-refractivity contribution in [2.45, 2.75) is 13.8 Å². The molecule has 0 saturated heterocycles. The van der Waals surface area contributed by atoms with Gasteiger partial charge >= 0.3 is 0 Å². The molecular formula is C14H12F2N2O. The van der Waals surface area contributed by atoms with Crippen LogP contribution >= 0.6 is 0 Å². The lowest BCUT2D eigenvalue weighted by atomic mass is 10.1. The molecule has 2 aromatic rings. The first kappa shape index (κ1) is 13.1. The molecule has 0 aliphatic carbocycles. The van der Waals surface area contributed by atoms with Crippen molar-refractivity contribution in [1.29, 1.82) is 0 Å². The summed E-state index contributed by atoms with van der Waals surface area (Å²) in [7, 11) is 0. The van der Waals surface area contributed by atoms with E-state index >= 15 is 0 Å². The Morgan fingerprint density at radius 3 is 2.42 bits per heavy atom. The summed E-state index contributed by atoms with van der Waals surface area (Å²) in [6.45, 7) is 3.49. The van der Waals surface area contributed by atoms with Crippen LogP contribution in [0, 0.1) is 25.5 Å². The van der Waals surface area contributed by atoms with E-state index in [1.807, 2.05) is 0 Å². The highest BCUT2D eigenvalue weighted by molar-refractivity contribution is 6.05. The Kier molecular flexibility index (Phi) is 3.55. The number of nitrogens with zero attached hydrogens (tertiary/aromatic N) is 1. The largest absolute Gasteiger partial charge is 0.317 e. The van der Waals surface area contributed by atoms with E-state index in [1.165, 1.54) is 18.3 Å². The fourth-order valence-electron chi connectivity index (χ4n) is 1.68. The van der Waals surface area contributed by atoms with Gasteiger partial charge in [-0.05, 0) is 37.6 Å². The summed E-state index contributed by atoms with van der Waals surface area (Å²) in [6.07, 6.45) is 1.48. The number of rotatable bonds is 2. The molecule has 0 fully saturated rings. The van der Waals surface area contributed by atoms with Gasteiger partial charge in [0, 0.05) is 17.5 Å². The van der Waals surface area contributed by atoms with Crippen molar-refractivity contribution in [2.24, 2.45) is 0 Å². The van der Waals surface area contributed by atoms with E-state index in [9.17, 15) is 13.6 Å². The van der Waals surface area contributed by atoms with Crippen LogP contribution in [-0.4, -0.2) is 10.9 Å². The second-order valence-corrected chi connectivity index (χ2v) is 4.12. The number of aryl methyl sites for hydroxylation is 1. The number of hydrogen-bond acceptors (Lipinski definition) is 2. The lowest BCUT2D eigenvalue weighted by molar-refractivity contribution is 0.102. The quantitative estimate of drug-likeness (QED) is 0.902. The summed E-state index contributed by atoms with van der Waals surface area (Å²) in [5.41, 5.74) is 1.27. The highest BCUT2D eigenvalue weighted by atomic mass is 19.1. The van der Waals surface area contributed by atoms with Gasteiger partial charge in [0.15, 0.2) is 0 Å². The van der Waals surface area contributed by atoms with Gasteiger partial charge in [-0.1, -0.05) is 6.07 Å². The van der Waals surface area contributed by atoms with Crippen LogP contribution in [0.25, 0.3) is 0 Å². The minimum atomic E-state index is -0.809. The number of halogens is 2. The Labute approximate surface area is 109 Å². The van der Waals surface area contributed by atoms with Crippen molar-refractivity contribution in [3.05, 3.63) is 58.9 Å². The number of hydrogen-bond donors (Lipinski definition) is 1. The van der Waals surface area contributed by atoms with Crippen molar-refractivity contribution in [1.82, 2.24) is 4.98 Å². The molecule has 3 nitrogen and oxygen atoms in total. The molecule has 5 heteroatoms. The summed E-state index contributed by atoms with van der Waals surface area (Å²) in [4.78, 5) is 16.1. The number of para-hydroxylation sites is 1. The Balaban J connectivity index is 2.34. The summed E-state index contributed by atoms with van der Waals surface area (Å²) >= 11 is 0. The number of anilines is 1. The van der Waals surface area contributed by atoms with Crippen LogP contribution in [-0.2, 0) is 0 Å². The highest BCUT2D eigenvalue weighted by Crippen LogP contribution is 2.20. The topological polar surface area (TPSA) is 42.0 Å². The van der Waals surface area contributed by atoms with Crippen molar-refractivity contribution >= 4 is 11.6 Å². The molecule has 0 unspecified atom stereocenters. The fourth-order valence-corrected chi connectivity index (χ4v) is 1.68. The predicted molar refractivity (Wildman–Crippen MR) is 68.0 cm³/mol. The molecule has 2 rings (SSSR count). The number of benzene rings is 1. The zero-order valence-corrected chi connectivity index (χ0v) is 10.5. The van der Waals surface area contributed by atoms with E-state index in [1.54, 1.807) is 13.8 Å². The number of amides is 1. The van der Waals surface area contributed by atoms with Gasteiger partial charge in [0.1, 0.15) is 17.3 Å². The number of aromatic nitrogens is 1. The second-order valence-electron chi connectivity index (χ2n) is 4.12. The van der Waals surface area contributed by atoms with Crippen LogP contribution in [0.2, 0.25) is 0 Å². The highest BCUT2D eigenvalue weighted by Gasteiger charge is 2.15. The van der Waals surface area contributed by atoms with Gasteiger partial charge in [-0.3, -0.25) is 9.78 Å². The van der Waals surface area contributed by atoms with Crippen molar-refractivity contribution in [2.75, 3.05) is 5.32 Å². The Morgan fingerprint density at radius 1 is 1.16 bits per heavy atom. The maximum absolute atomic E-state index is 13.4. The van der Waals surface area contributed by atoms with Gasteiger partial charge in [0.05, 0.1) is 0 Å². The molecule has 0 saturated carbocycles. The SMILES string of the molecule is Cc1nccc(C(=O)Nc2c(F)cccc2F)c1C. The molecule has 1 aromatic heterocycles. The lowest BCUT2D eigenvalue weighted by Gasteiger charge is -2.10. The van der Waals surface area contributed by atoms with Crippen molar-refractivity contribution in [3.8, 4) is 0 Å². The molecular weight excluding hydrogens is 250 g/mol. The second kappa shape index (κ2) is 5.14. The molecule has 1 amide bonds. The number of carbonyl (C=O) groups excluding carboxylic acids is 1. The van der Waals surface area contributed by atoms with E-state index in [-0.39, 0.29) is 0 Å². The van der Waals surface area contributed by atoms with Gasteiger partial charge in [-0.2, -0.15) is 0 Å².